The summed E-state index contributed by atoms with van der Waals surface area (Å²) in [4.78, 5) is 37.6. The van der Waals surface area contributed by atoms with E-state index in [1.807, 2.05) is 6.07 Å². The van der Waals surface area contributed by atoms with Crippen LogP contribution in [0.2, 0.25) is 0 Å². The molecule has 0 saturated carbocycles. The second-order valence-corrected chi connectivity index (χ2v) is 4.91. The molecule has 3 rings (SSSR count). The fourth-order valence-electron chi connectivity index (χ4n) is 2.42. The van der Waals surface area contributed by atoms with Gasteiger partial charge in [0.1, 0.15) is 0 Å². The van der Waals surface area contributed by atoms with E-state index in [9.17, 15) is 14.4 Å². The van der Waals surface area contributed by atoms with Gasteiger partial charge < -0.3 is 0 Å². The van der Waals surface area contributed by atoms with Crippen LogP contribution in [0.25, 0.3) is 0 Å². The molecule has 0 radical (unpaired) electrons. The molecule has 0 aliphatic carbocycles. The van der Waals surface area contributed by atoms with Crippen LogP contribution in [0.5, 0.6) is 0 Å². The lowest BCUT2D eigenvalue weighted by molar-refractivity contribution is -0.128. The molecule has 1 aliphatic heterocycles. The predicted octanol–water partition coefficient (Wildman–Crippen LogP) is 2.09. The predicted molar refractivity (Wildman–Crippen MR) is 77.0 cm³/mol. The van der Waals surface area contributed by atoms with Crippen LogP contribution >= 0.6 is 0 Å². The van der Waals surface area contributed by atoms with Gasteiger partial charge in [0.25, 0.3) is 5.91 Å². The maximum Gasteiger partial charge on any atom is 0.261 e. The van der Waals surface area contributed by atoms with Gasteiger partial charge in [0.15, 0.2) is 5.78 Å². The van der Waals surface area contributed by atoms with Crippen LogP contribution in [-0.2, 0) is 11.2 Å². The van der Waals surface area contributed by atoms with Crippen LogP contribution in [0.1, 0.15) is 26.3 Å². The van der Waals surface area contributed by atoms with E-state index in [0.717, 1.165) is 10.5 Å². The molecule has 21 heavy (non-hydrogen) atoms. The van der Waals surface area contributed by atoms with Gasteiger partial charge in [-0.2, -0.15) is 0 Å². The van der Waals surface area contributed by atoms with Crippen LogP contribution in [0.4, 0.5) is 0 Å². The Bertz CT molecular complexity index is 722. The van der Waals surface area contributed by atoms with Gasteiger partial charge in [-0.1, -0.05) is 48.5 Å². The maximum absolute atomic E-state index is 12.3. The first kappa shape index (κ1) is 13.2. The lowest BCUT2D eigenvalue weighted by atomic mass is 9.98. The third-order valence-corrected chi connectivity index (χ3v) is 3.53. The van der Waals surface area contributed by atoms with E-state index in [4.69, 9.17) is 0 Å². The van der Waals surface area contributed by atoms with Crippen LogP contribution in [0.15, 0.2) is 54.6 Å². The number of hydrogen-bond donors (Lipinski definition) is 0. The van der Waals surface area contributed by atoms with E-state index in [0.29, 0.717) is 11.1 Å². The van der Waals surface area contributed by atoms with Crippen molar-refractivity contribution in [1.82, 2.24) is 4.90 Å². The summed E-state index contributed by atoms with van der Waals surface area (Å²) in [5, 5.41) is 0. The fraction of sp³-hybridized carbons (Fsp3) is 0.118. The zero-order chi connectivity index (χ0) is 14.8. The minimum atomic E-state index is -0.397. The molecule has 0 atom stereocenters. The first-order chi connectivity index (χ1) is 10.2. The number of Topliss-reactive ketones (excluding diaryl/α,β-unsaturated/α-hetero) is 1. The van der Waals surface area contributed by atoms with Crippen LogP contribution in [0.3, 0.4) is 0 Å². The molecule has 4 heteroatoms. The standard InChI is InChI=1S/C17H13NO3/c19-15(12-6-2-1-3-7-12)11-18-16(20)10-13-8-4-5-9-14(13)17(18)21/h1-9H,10-11H2. The third kappa shape index (κ3) is 2.48. The molecule has 2 aromatic carbocycles. The fourth-order valence-corrected chi connectivity index (χ4v) is 2.42. The molecule has 2 aromatic rings. The Hall–Kier alpha value is -2.75. The van der Waals surface area contributed by atoms with Crippen LogP contribution < -0.4 is 0 Å². The van der Waals surface area contributed by atoms with Crippen molar-refractivity contribution in [2.45, 2.75) is 6.42 Å². The Balaban J connectivity index is 1.85. The summed E-state index contributed by atoms with van der Waals surface area (Å²) in [6, 6.07) is 15.7. The summed E-state index contributed by atoms with van der Waals surface area (Å²) in [6.07, 6.45) is 0.157. The number of nitrogens with zero attached hydrogens (tertiary/aromatic N) is 1. The minimum Gasteiger partial charge on any atom is -0.292 e. The quantitative estimate of drug-likeness (QED) is 0.638. The van der Waals surface area contributed by atoms with Gasteiger partial charge in [0, 0.05) is 11.1 Å². The molecule has 4 nitrogen and oxygen atoms in total. The summed E-state index contributed by atoms with van der Waals surface area (Å²) in [5.41, 5.74) is 1.71. The van der Waals surface area contributed by atoms with Crippen molar-refractivity contribution in [1.29, 1.82) is 0 Å². The number of rotatable bonds is 3. The summed E-state index contributed by atoms with van der Waals surface area (Å²) in [6.45, 7) is -0.212. The molecule has 0 fully saturated rings. The van der Waals surface area contributed by atoms with Crippen molar-refractivity contribution in [3.05, 3.63) is 71.3 Å². The number of hydrogen-bond acceptors (Lipinski definition) is 3. The molecule has 0 spiro atoms. The molecule has 2 amide bonds. The number of ketones is 1. The Morgan fingerprint density at radius 1 is 0.952 bits per heavy atom. The highest BCUT2D eigenvalue weighted by molar-refractivity contribution is 6.12. The highest BCUT2D eigenvalue weighted by Crippen LogP contribution is 2.19. The third-order valence-electron chi connectivity index (χ3n) is 3.53. The Kier molecular flexibility index (Phi) is 3.36. The van der Waals surface area contributed by atoms with E-state index >= 15 is 0 Å². The van der Waals surface area contributed by atoms with Crippen LogP contribution in [-0.4, -0.2) is 29.0 Å². The topological polar surface area (TPSA) is 54.5 Å². The first-order valence-electron chi connectivity index (χ1n) is 6.67. The SMILES string of the molecule is O=C(CN1C(=O)Cc2ccccc2C1=O)c1ccccc1. The van der Waals surface area contributed by atoms with Crippen molar-refractivity contribution < 1.29 is 14.4 Å². The highest BCUT2D eigenvalue weighted by atomic mass is 16.2. The highest BCUT2D eigenvalue weighted by Gasteiger charge is 2.31. The van der Waals surface area contributed by atoms with E-state index in [1.165, 1.54) is 0 Å². The van der Waals surface area contributed by atoms with Crippen molar-refractivity contribution in [3.63, 3.8) is 0 Å². The molecule has 0 saturated heterocycles. The number of benzene rings is 2. The summed E-state index contributed by atoms with van der Waals surface area (Å²) >= 11 is 0. The molecule has 104 valence electrons. The zero-order valence-electron chi connectivity index (χ0n) is 11.3. The lowest BCUT2D eigenvalue weighted by Crippen LogP contribution is -2.45. The van der Waals surface area contributed by atoms with Gasteiger partial charge in [-0.05, 0) is 11.6 Å². The molecule has 0 aromatic heterocycles. The average Bonchev–Trinajstić information content (AvgIpc) is 2.52. The number of imide groups is 1. The number of amides is 2. The first-order valence-corrected chi connectivity index (χ1v) is 6.67. The molecule has 0 unspecified atom stereocenters. The normalized spacial score (nSPS) is 14.0. The van der Waals surface area contributed by atoms with E-state index in [2.05, 4.69) is 0 Å². The number of carbonyl (C=O) groups excluding carboxylic acids is 3. The molecule has 0 bridgehead atoms. The van der Waals surface area contributed by atoms with Gasteiger partial charge in [-0.15, -0.1) is 0 Å². The van der Waals surface area contributed by atoms with E-state index in [1.54, 1.807) is 48.5 Å². The second-order valence-electron chi connectivity index (χ2n) is 4.91. The number of carbonyl (C=O) groups is 3. The van der Waals surface area contributed by atoms with Gasteiger partial charge in [0.05, 0.1) is 13.0 Å². The van der Waals surface area contributed by atoms with Crippen molar-refractivity contribution in [2.75, 3.05) is 6.54 Å². The average molecular weight is 279 g/mol. The van der Waals surface area contributed by atoms with E-state index in [-0.39, 0.29) is 24.7 Å². The Morgan fingerprint density at radius 3 is 2.38 bits per heavy atom. The second kappa shape index (κ2) is 5.32. The van der Waals surface area contributed by atoms with Crippen molar-refractivity contribution >= 4 is 17.6 Å². The number of fused-ring (bicyclic) bond motifs is 1. The summed E-state index contributed by atoms with van der Waals surface area (Å²) < 4.78 is 0. The van der Waals surface area contributed by atoms with Gasteiger partial charge in [0.2, 0.25) is 5.91 Å². The smallest absolute Gasteiger partial charge is 0.261 e. The Labute approximate surface area is 122 Å². The summed E-state index contributed by atoms with van der Waals surface area (Å²) in [5.74, 6) is -0.967. The summed E-state index contributed by atoms with van der Waals surface area (Å²) in [7, 11) is 0. The van der Waals surface area contributed by atoms with Gasteiger partial charge in [-0.25, -0.2) is 0 Å². The molecule has 1 aliphatic rings. The largest absolute Gasteiger partial charge is 0.292 e. The van der Waals surface area contributed by atoms with E-state index < -0.39 is 5.91 Å². The van der Waals surface area contributed by atoms with Gasteiger partial charge >= 0.3 is 0 Å². The van der Waals surface area contributed by atoms with Crippen molar-refractivity contribution in [2.24, 2.45) is 0 Å². The maximum atomic E-state index is 12.3. The van der Waals surface area contributed by atoms with Gasteiger partial charge in [-0.3, -0.25) is 19.3 Å². The lowest BCUT2D eigenvalue weighted by Gasteiger charge is -2.26. The van der Waals surface area contributed by atoms with Crippen molar-refractivity contribution in [3.8, 4) is 0 Å². The molecule has 0 N–H and O–H groups in total. The molecular formula is C17H13NO3. The molecular weight excluding hydrogens is 266 g/mol. The zero-order valence-corrected chi connectivity index (χ0v) is 11.3. The minimum absolute atomic E-state index is 0.157. The monoisotopic (exact) mass is 279 g/mol. The Morgan fingerprint density at radius 2 is 1.62 bits per heavy atom. The molecule has 1 heterocycles. The van der Waals surface area contributed by atoms with Crippen LogP contribution in [0, 0.1) is 0 Å².